The zero-order chi connectivity index (χ0) is 24.1. The van der Waals surface area contributed by atoms with E-state index in [2.05, 4.69) is 15.4 Å². The predicted molar refractivity (Wildman–Crippen MR) is 137 cm³/mol. The number of nitrogens with zero attached hydrogens (tertiary/aromatic N) is 4. The van der Waals surface area contributed by atoms with E-state index in [1.165, 1.54) is 20.8 Å². The van der Waals surface area contributed by atoms with Crippen LogP contribution in [0.4, 0.5) is 11.4 Å². The van der Waals surface area contributed by atoms with Crippen molar-refractivity contribution in [3.8, 4) is 10.7 Å². The summed E-state index contributed by atoms with van der Waals surface area (Å²) in [6.45, 7) is 1.79. The van der Waals surface area contributed by atoms with E-state index in [4.69, 9.17) is 0 Å². The number of nitrogens with one attached hydrogen (secondary N) is 1. The Morgan fingerprint density at radius 2 is 1.83 bits per heavy atom. The Balaban J connectivity index is 1.39. The minimum absolute atomic E-state index is 0.176. The van der Waals surface area contributed by atoms with Crippen LogP contribution in [0.3, 0.4) is 0 Å². The lowest BCUT2D eigenvalue weighted by molar-refractivity contribution is -0.118. The molecule has 0 saturated carbocycles. The molecule has 1 N–H and O–H groups in total. The Kier molecular flexibility index (Phi) is 5.05. The number of rotatable bonds is 4. The molecule has 0 unspecified atom stereocenters. The fraction of sp³-hybridized carbons (Fsp3) is 0.0800. The summed E-state index contributed by atoms with van der Waals surface area (Å²) in [5.74, 6) is -0.248. The molecule has 10 heteroatoms. The van der Waals surface area contributed by atoms with Crippen molar-refractivity contribution in [3.05, 3.63) is 92.1 Å². The van der Waals surface area contributed by atoms with Gasteiger partial charge in [0.05, 0.1) is 16.1 Å². The number of carbonyl (C=O) groups is 2. The number of aryl methyl sites for hydroxylation is 1. The Morgan fingerprint density at radius 3 is 2.57 bits per heavy atom. The fourth-order valence-electron chi connectivity index (χ4n) is 4.03. The first-order valence-electron chi connectivity index (χ1n) is 10.7. The third-order valence-electron chi connectivity index (χ3n) is 5.69. The van der Waals surface area contributed by atoms with Crippen LogP contribution in [-0.4, -0.2) is 33.0 Å². The van der Waals surface area contributed by atoms with Crippen molar-refractivity contribution in [3.63, 3.8) is 0 Å². The molecule has 1 aliphatic rings. The zero-order valence-electron chi connectivity index (χ0n) is 18.4. The first kappa shape index (κ1) is 21.4. The summed E-state index contributed by atoms with van der Waals surface area (Å²) < 4.78 is 1.50. The number of fused-ring (bicyclic) bond motifs is 2. The van der Waals surface area contributed by atoms with E-state index in [1.807, 2.05) is 48.7 Å². The molecule has 8 nitrogen and oxygen atoms in total. The van der Waals surface area contributed by atoms with E-state index >= 15 is 0 Å². The van der Waals surface area contributed by atoms with E-state index in [0.29, 0.717) is 27.7 Å². The van der Waals surface area contributed by atoms with Crippen molar-refractivity contribution in [2.45, 2.75) is 6.92 Å². The molecule has 1 aliphatic heterocycles. The Bertz CT molecular complexity index is 1720. The van der Waals surface area contributed by atoms with Gasteiger partial charge in [0.1, 0.15) is 11.1 Å². The number of carbonyl (C=O) groups excluding carboxylic acids is 2. The topological polar surface area (TPSA) is 96.7 Å². The highest BCUT2D eigenvalue weighted by Crippen LogP contribution is 2.35. The van der Waals surface area contributed by atoms with Gasteiger partial charge in [-0.05, 0) is 36.6 Å². The van der Waals surface area contributed by atoms with Crippen LogP contribution in [0.15, 0.2) is 70.8 Å². The summed E-state index contributed by atoms with van der Waals surface area (Å²) in [6.07, 6.45) is 0. The summed E-state index contributed by atoms with van der Waals surface area (Å²) in [5, 5.41) is 9.10. The van der Waals surface area contributed by atoms with Crippen molar-refractivity contribution in [1.82, 2.24) is 14.6 Å². The first-order valence-corrected chi connectivity index (χ1v) is 12.4. The minimum atomic E-state index is -0.399. The minimum Gasteiger partial charge on any atom is -0.325 e. The predicted octanol–water partition coefficient (Wildman–Crippen LogP) is 3.09. The molecule has 6 rings (SSSR count). The third kappa shape index (κ3) is 3.63. The Labute approximate surface area is 206 Å². The summed E-state index contributed by atoms with van der Waals surface area (Å²) in [6, 6.07) is 18.4. The lowest BCUT2D eigenvalue weighted by Gasteiger charge is -2.16. The smallest absolute Gasteiger partial charge is 0.291 e. The maximum absolute atomic E-state index is 13.5. The molecule has 35 heavy (non-hydrogen) atoms. The number of hydrogen-bond acceptors (Lipinski definition) is 7. The molecule has 0 bridgehead atoms. The van der Waals surface area contributed by atoms with Crippen molar-refractivity contribution in [1.29, 1.82) is 0 Å². The molecule has 0 saturated heterocycles. The van der Waals surface area contributed by atoms with Crippen LogP contribution in [0.1, 0.15) is 11.1 Å². The van der Waals surface area contributed by atoms with E-state index < -0.39 is 11.5 Å². The van der Waals surface area contributed by atoms with Crippen LogP contribution in [0.5, 0.6) is 0 Å². The van der Waals surface area contributed by atoms with Gasteiger partial charge in [0.15, 0.2) is 5.82 Å². The van der Waals surface area contributed by atoms with Gasteiger partial charge in [-0.15, -0.1) is 16.4 Å². The first-order chi connectivity index (χ1) is 17.0. The molecule has 172 valence electrons. The highest BCUT2D eigenvalue weighted by molar-refractivity contribution is 7.15. The highest BCUT2D eigenvalue weighted by atomic mass is 32.1. The van der Waals surface area contributed by atoms with Gasteiger partial charge in [-0.1, -0.05) is 53.3 Å². The standard InChI is InChI=1S/C25H17N5O3S2/c1-14-8-10-15(11-9-14)26-19(31)13-29-17-6-3-2-5-16(17)20(23(29)32)21-24(33)30-25(35-21)27-22(28-30)18-7-4-12-34-18/h2-12H,13H2,1H3,(H,26,31). The number of anilines is 2. The summed E-state index contributed by atoms with van der Waals surface area (Å²) in [7, 11) is 0. The largest absolute Gasteiger partial charge is 0.325 e. The molecular weight excluding hydrogens is 482 g/mol. The lowest BCUT2D eigenvalue weighted by atomic mass is 10.1. The number of hydrogen-bond donors (Lipinski definition) is 1. The molecule has 0 atom stereocenters. The molecule has 0 aliphatic carbocycles. The second-order valence-electron chi connectivity index (χ2n) is 8.04. The molecule has 5 aromatic rings. The third-order valence-corrected chi connectivity index (χ3v) is 7.58. The van der Waals surface area contributed by atoms with Gasteiger partial charge in [0.2, 0.25) is 10.9 Å². The van der Waals surface area contributed by atoms with Gasteiger partial charge >= 0.3 is 0 Å². The quantitative estimate of drug-likeness (QED) is 0.410. The maximum atomic E-state index is 13.5. The summed E-state index contributed by atoms with van der Waals surface area (Å²) >= 11 is 2.62. The molecule has 0 radical (unpaired) electrons. The number of thiophene rings is 1. The van der Waals surface area contributed by atoms with E-state index in [1.54, 1.807) is 24.3 Å². The van der Waals surface area contributed by atoms with Gasteiger partial charge in [0, 0.05) is 11.3 Å². The van der Waals surface area contributed by atoms with Crippen molar-refractivity contribution in [2.24, 2.45) is 0 Å². The molecule has 2 amide bonds. The van der Waals surface area contributed by atoms with E-state index in [0.717, 1.165) is 21.8 Å². The normalized spacial score (nSPS) is 14.5. The summed E-state index contributed by atoms with van der Waals surface area (Å²) in [5.41, 5.74) is 2.80. The number of aromatic nitrogens is 3. The van der Waals surface area contributed by atoms with Crippen LogP contribution in [0.25, 0.3) is 21.2 Å². The van der Waals surface area contributed by atoms with Crippen LogP contribution in [0, 0.1) is 6.92 Å². The van der Waals surface area contributed by atoms with Crippen molar-refractivity contribution >= 4 is 56.4 Å². The molecule has 2 aromatic carbocycles. The van der Waals surface area contributed by atoms with Crippen LogP contribution >= 0.6 is 22.7 Å². The second kappa shape index (κ2) is 8.26. The average Bonchev–Trinajstić information content (AvgIpc) is 3.62. The Hall–Kier alpha value is -4.15. The van der Waals surface area contributed by atoms with Gasteiger partial charge in [0.25, 0.3) is 11.5 Å². The van der Waals surface area contributed by atoms with Crippen molar-refractivity contribution in [2.75, 3.05) is 16.8 Å². The molecular formula is C25H17N5O3S2. The monoisotopic (exact) mass is 499 g/mol. The zero-order valence-corrected chi connectivity index (χ0v) is 20.0. The Morgan fingerprint density at radius 1 is 1.03 bits per heavy atom. The number of para-hydroxylation sites is 1. The SMILES string of the molecule is Cc1ccc(NC(=O)CN2C(=O)C(=c3sc4nc(-c5cccs5)nn4c3=O)c3ccccc32)cc1. The molecule has 0 fully saturated rings. The van der Waals surface area contributed by atoms with Gasteiger partial charge in [-0.2, -0.15) is 9.50 Å². The number of benzene rings is 2. The van der Waals surface area contributed by atoms with Crippen LogP contribution in [-0.2, 0) is 9.59 Å². The van der Waals surface area contributed by atoms with Gasteiger partial charge in [-0.25, -0.2) is 0 Å². The average molecular weight is 500 g/mol. The second-order valence-corrected chi connectivity index (χ2v) is 9.97. The molecule has 4 heterocycles. The fourth-order valence-corrected chi connectivity index (χ4v) is 5.68. The highest BCUT2D eigenvalue weighted by Gasteiger charge is 2.35. The van der Waals surface area contributed by atoms with Crippen LogP contribution in [0.2, 0.25) is 0 Å². The van der Waals surface area contributed by atoms with E-state index in [9.17, 15) is 14.4 Å². The van der Waals surface area contributed by atoms with Gasteiger partial charge in [-0.3, -0.25) is 19.3 Å². The van der Waals surface area contributed by atoms with Crippen LogP contribution < -0.4 is 20.3 Å². The summed E-state index contributed by atoms with van der Waals surface area (Å²) in [4.78, 5) is 46.7. The number of thiazole rings is 1. The van der Waals surface area contributed by atoms with Crippen molar-refractivity contribution < 1.29 is 9.59 Å². The number of amides is 2. The maximum Gasteiger partial charge on any atom is 0.291 e. The molecule has 3 aromatic heterocycles. The lowest BCUT2D eigenvalue weighted by Crippen LogP contribution is -2.37. The molecule has 0 spiro atoms. The van der Waals surface area contributed by atoms with E-state index in [-0.39, 0.29) is 22.6 Å². The van der Waals surface area contributed by atoms with Gasteiger partial charge < -0.3 is 5.32 Å².